The number of aromatic nitrogens is 5. The van der Waals surface area contributed by atoms with Crippen molar-refractivity contribution in [3.05, 3.63) is 164 Å². The first-order chi connectivity index (χ1) is 27.2. The van der Waals surface area contributed by atoms with Crippen LogP contribution in [0.2, 0.25) is 0 Å². The Morgan fingerprint density at radius 2 is 0.855 bits per heavy atom. The summed E-state index contributed by atoms with van der Waals surface area (Å²) < 4.78 is 4.87. The molecule has 0 atom stereocenters. The first-order valence-electron chi connectivity index (χ1n) is 17.9. The van der Waals surface area contributed by atoms with E-state index in [1.54, 1.807) is 22.7 Å². The van der Waals surface area contributed by atoms with E-state index in [-0.39, 0.29) is 0 Å². The summed E-state index contributed by atoms with van der Waals surface area (Å²) in [6.45, 7) is 0. The first-order valence-corrected chi connectivity index (χ1v) is 20.4. The largest absolute Gasteiger partial charge is 0.236 e. The van der Waals surface area contributed by atoms with Crippen LogP contribution < -0.4 is 0 Å². The predicted octanol–water partition coefficient (Wildman–Crippen LogP) is 13.5. The van der Waals surface area contributed by atoms with E-state index in [2.05, 4.69) is 103 Å². The second-order valence-corrected chi connectivity index (χ2v) is 16.4. The number of para-hydroxylation sites is 1. The molecule has 0 spiro atoms. The lowest BCUT2D eigenvalue weighted by Crippen LogP contribution is -2.00. The van der Waals surface area contributed by atoms with Gasteiger partial charge in [0.05, 0.1) is 20.4 Å². The van der Waals surface area contributed by atoms with Gasteiger partial charge in [-0.2, -0.15) is 0 Å². The van der Waals surface area contributed by atoms with Gasteiger partial charge in [0.15, 0.2) is 17.5 Å². The number of hydrogen-bond donors (Lipinski definition) is 0. The molecule has 0 unspecified atom stereocenters. The topological polar surface area (TPSA) is 64.5 Å². The Balaban J connectivity index is 0.975. The maximum absolute atomic E-state index is 5.17. The zero-order valence-corrected chi connectivity index (χ0v) is 31.5. The van der Waals surface area contributed by atoms with E-state index in [4.69, 9.17) is 24.9 Å². The fourth-order valence-electron chi connectivity index (χ4n) is 7.15. The highest BCUT2D eigenvalue weighted by Crippen LogP contribution is 2.45. The highest BCUT2D eigenvalue weighted by molar-refractivity contribution is 7.27. The average Bonchev–Trinajstić information content (AvgIpc) is 3.99. The summed E-state index contributed by atoms with van der Waals surface area (Å²) in [5.41, 5.74) is 9.42. The van der Waals surface area contributed by atoms with Gasteiger partial charge in [-0.15, -0.1) is 34.0 Å². The molecule has 258 valence electrons. The summed E-state index contributed by atoms with van der Waals surface area (Å²) >= 11 is 5.31. The lowest BCUT2D eigenvalue weighted by atomic mass is 10.0. The lowest BCUT2D eigenvalue weighted by molar-refractivity contribution is 1.07. The van der Waals surface area contributed by atoms with E-state index >= 15 is 0 Å². The molecule has 0 fully saturated rings. The van der Waals surface area contributed by atoms with Crippen LogP contribution in [0.15, 0.2) is 164 Å². The molecule has 0 amide bonds. The van der Waals surface area contributed by atoms with Gasteiger partial charge >= 0.3 is 0 Å². The Kier molecular flexibility index (Phi) is 7.65. The van der Waals surface area contributed by atoms with Gasteiger partial charge in [-0.05, 0) is 47.5 Å². The molecule has 0 aliphatic carbocycles. The molecule has 11 aromatic rings. The van der Waals surface area contributed by atoms with Crippen LogP contribution >= 0.6 is 34.0 Å². The van der Waals surface area contributed by atoms with Gasteiger partial charge in [0.1, 0.15) is 10.0 Å². The molecule has 0 radical (unpaired) electrons. The maximum Gasteiger partial charge on any atom is 0.164 e. The normalized spacial score (nSPS) is 11.6. The summed E-state index contributed by atoms with van der Waals surface area (Å²) in [6.07, 6.45) is 0. The van der Waals surface area contributed by atoms with Gasteiger partial charge in [0, 0.05) is 48.0 Å². The summed E-state index contributed by atoms with van der Waals surface area (Å²) in [6, 6.07) is 56.8. The summed E-state index contributed by atoms with van der Waals surface area (Å²) in [4.78, 5) is 24.9. The Morgan fingerprint density at radius 3 is 1.58 bits per heavy atom. The van der Waals surface area contributed by atoms with Crippen molar-refractivity contribution in [2.45, 2.75) is 0 Å². The molecule has 7 aromatic carbocycles. The van der Waals surface area contributed by atoms with Gasteiger partial charge in [0.2, 0.25) is 0 Å². The molecular formula is C47H27N5S3. The van der Waals surface area contributed by atoms with Crippen LogP contribution in [0.4, 0.5) is 0 Å². The van der Waals surface area contributed by atoms with Gasteiger partial charge in [-0.25, -0.2) is 24.9 Å². The van der Waals surface area contributed by atoms with Crippen molar-refractivity contribution in [1.29, 1.82) is 0 Å². The van der Waals surface area contributed by atoms with E-state index in [0.29, 0.717) is 17.5 Å². The smallest absolute Gasteiger partial charge is 0.164 e. The number of fused-ring (bicyclic) bond motifs is 5. The number of benzene rings is 7. The van der Waals surface area contributed by atoms with Gasteiger partial charge in [-0.1, -0.05) is 127 Å². The van der Waals surface area contributed by atoms with E-state index in [0.717, 1.165) is 48.0 Å². The second kappa shape index (κ2) is 13.1. The molecule has 0 bridgehead atoms. The van der Waals surface area contributed by atoms with E-state index < -0.39 is 0 Å². The highest BCUT2D eigenvalue weighted by Gasteiger charge is 2.18. The fraction of sp³-hybridized carbons (Fsp3) is 0. The van der Waals surface area contributed by atoms with Crippen molar-refractivity contribution in [3.8, 4) is 66.4 Å². The van der Waals surface area contributed by atoms with Crippen molar-refractivity contribution in [2.24, 2.45) is 0 Å². The van der Waals surface area contributed by atoms with Crippen LogP contribution in [0.5, 0.6) is 0 Å². The second-order valence-electron chi connectivity index (χ2n) is 13.3. The molecule has 0 saturated heterocycles. The minimum atomic E-state index is 0.619. The van der Waals surface area contributed by atoms with Crippen molar-refractivity contribution in [3.63, 3.8) is 0 Å². The SMILES string of the molecule is c1ccc(-c2nc(-c3ccccc3)nc(-c3ccc4sc(-c5cccc(-c6cccc7c6sc6c(-c8nc9ccccc9s8)cccc67)c5)nc4c3)n2)cc1. The van der Waals surface area contributed by atoms with Gasteiger partial charge in [-0.3, -0.25) is 0 Å². The predicted molar refractivity (Wildman–Crippen MR) is 232 cm³/mol. The number of hydrogen-bond acceptors (Lipinski definition) is 8. The lowest BCUT2D eigenvalue weighted by Gasteiger charge is -2.08. The van der Waals surface area contributed by atoms with Crippen molar-refractivity contribution < 1.29 is 0 Å². The Bertz CT molecular complexity index is 3130. The van der Waals surface area contributed by atoms with Crippen LogP contribution in [0.25, 0.3) is 107 Å². The minimum Gasteiger partial charge on any atom is -0.236 e. The molecule has 5 nitrogen and oxygen atoms in total. The molecule has 0 saturated carbocycles. The molecular weight excluding hydrogens is 731 g/mol. The molecule has 8 heteroatoms. The standard InChI is InChI=1S/C47H27N5S3/c1-3-12-28(13-4-1)43-50-44(29-14-5-2-6-15-29)52-45(51-43)31-24-25-40-38(27-31)49-46(53-40)32-17-9-16-30(26-32)33-18-10-19-34-35-20-11-21-36(42(35)55-41(33)34)47-48-37-22-7-8-23-39(37)54-47/h1-27H. The molecule has 0 aliphatic heterocycles. The zero-order valence-electron chi connectivity index (χ0n) is 29.0. The van der Waals surface area contributed by atoms with Crippen molar-refractivity contribution >= 4 is 74.6 Å². The van der Waals surface area contributed by atoms with Gasteiger partial charge < -0.3 is 0 Å². The third-order valence-electron chi connectivity index (χ3n) is 9.81. The molecule has 4 aromatic heterocycles. The van der Waals surface area contributed by atoms with Crippen LogP contribution in [0, 0.1) is 0 Å². The Labute approximate surface area is 328 Å². The molecule has 0 aliphatic rings. The number of nitrogens with zero attached hydrogens (tertiary/aromatic N) is 5. The number of thiazole rings is 2. The summed E-state index contributed by atoms with van der Waals surface area (Å²) in [7, 11) is 0. The van der Waals surface area contributed by atoms with E-state index in [1.165, 1.54) is 41.6 Å². The summed E-state index contributed by atoms with van der Waals surface area (Å²) in [5.74, 6) is 1.90. The first kappa shape index (κ1) is 32.0. The van der Waals surface area contributed by atoms with Crippen LogP contribution in [-0.4, -0.2) is 24.9 Å². The molecule has 0 N–H and O–H groups in total. The molecule has 4 heterocycles. The number of rotatable bonds is 6. The zero-order chi connectivity index (χ0) is 36.3. The summed E-state index contributed by atoms with van der Waals surface area (Å²) in [5, 5.41) is 4.56. The van der Waals surface area contributed by atoms with E-state index in [1.807, 2.05) is 72.0 Å². The third-order valence-corrected chi connectivity index (χ3v) is 13.3. The minimum absolute atomic E-state index is 0.619. The quantitative estimate of drug-likeness (QED) is 0.169. The van der Waals surface area contributed by atoms with Crippen molar-refractivity contribution in [2.75, 3.05) is 0 Å². The van der Waals surface area contributed by atoms with Crippen molar-refractivity contribution in [1.82, 2.24) is 24.9 Å². The maximum atomic E-state index is 5.17. The average molecular weight is 758 g/mol. The number of thiophene rings is 1. The Morgan fingerprint density at radius 1 is 0.309 bits per heavy atom. The van der Waals surface area contributed by atoms with E-state index in [9.17, 15) is 0 Å². The third kappa shape index (κ3) is 5.70. The monoisotopic (exact) mass is 757 g/mol. The van der Waals surface area contributed by atoms with Gasteiger partial charge in [0.25, 0.3) is 0 Å². The van der Waals surface area contributed by atoms with Crippen LogP contribution in [-0.2, 0) is 0 Å². The molecule has 55 heavy (non-hydrogen) atoms. The highest BCUT2D eigenvalue weighted by atomic mass is 32.1. The molecule has 11 rings (SSSR count). The Hall–Kier alpha value is -6.45. The van der Waals surface area contributed by atoms with Crippen LogP contribution in [0.3, 0.4) is 0 Å². The fourth-order valence-corrected chi connectivity index (χ4v) is 10.5. The van der Waals surface area contributed by atoms with Crippen LogP contribution in [0.1, 0.15) is 0 Å².